The molecule has 22 heavy (non-hydrogen) atoms. The van der Waals surface area contributed by atoms with Crippen molar-refractivity contribution in [3.63, 3.8) is 0 Å². The molecule has 4 nitrogen and oxygen atoms in total. The van der Waals surface area contributed by atoms with Crippen LogP contribution in [0.15, 0.2) is 34.7 Å². The van der Waals surface area contributed by atoms with E-state index in [0.29, 0.717) is 11.3 Å². The molecule has 2 aromatic rings. The Balaban J connectivity index is 1.89. The summed E-state index contributed by atoms with van der Waals surface area (Å²) in [6.45, 7) is -0.171. The molecule has 1 N–H and O–H groups in total. The Kier molecular flexibility index (Phi) is 3.60. The zero-order valence-corrected chi connectivity index (χ0v) is 11.5. The van der Waals surface area contributed by atoms with E-state index in [-0.39, 0.29) is 19.4 Å². The van der Waals surface area contributed by atoms with Crippen LogP contribution in [0.25, 0.3) is 11.0 Å². The second-order valence-corrected chi connectivity index (χ2v) is 5.41. The van der Waals surface area contributed by atoms with Crippen LogP contribution >= 0.6 is 0 Å². The number of hydrogen-bond donors (Lipinski definition) is 1. The predicted molar refractivity (Wildman–Crippen MR) is 72.3 cm³/mol. The molecular weight excluding hydrogens is 299 g/mol. The zero-order valence-electron chi connectivity index (χ0n) is 11.5. The molecule has 1 aromatic carbocycles. The molecule has 0 amide bonds. The summed E-state index contributed by atoms with van der Waals surface area (Å²) in [5.41, 5.74) is 0.576. The molecule has 7 heteroatoms. The number of para-hydroxylation sites is 1. The zero-order chi connectivity index (χ0) is 15.9. The molecule has 0 aliphatic carbocycles. The standard InChI is InChI=1S/C15H14F3NO3/c16-15(17,18)13-6-5-11(14(20)21)19(13)8-10-7-9-3-1-2-4-12(9)22-10/h1-4,7,11,13H,5-6,8H2,(H,20,21). The van der Waals surface area contributed by atoms with Crippen molar-refractivity contribution in [2.75, 3.05) is 0 Å². The SMILES string of the molecule is O=C(O)C1CCC(C(F)(F)F)N1Cc1cc2ccccc2o1. The number of aliphatic carboxylic acids is 1. The number of carbonyl (C=O) groups is 1. The molecule has 0 radical (unpaired) electrons. The van der Waals surface area contributed by atoms with Crippen LogP contribution in [0.1, 0.15) is 18.6 Å². The molecule has 2 atom stereocenters. The van der Waals surface area contributed by atoms with Crippen molar-refractivity contribution in [1.82, 2.24) is 4.90 Å². The van der Waals surface area contributed by atoms with E-state index < -0.39 is 24.2 Å². The molecule has 0 bridgehead atoms. The fraction of sp³-hybridized carbons (Fsp3) is 0.400. The maximum atomic E-state index is 13.1. The van der Waals surface area contributed by atoms with E-state index in [1.165, 1.54) is 0 Å². The van der Waals surface area contributed by atoms with Crippen LogP contribution in [0.5, 0.6) is 0 Å². The minimum absolute atomic E-state index is 0.0141. The van der Waals surface area contributed by atoms with E-state index in [1.807, 2.05) is 0 Å². The summed E-state index contributed by atoms with van der Waals surface area (Å²) in [5.74, 6) is -0.897. The maximum absolute atomic E-state index is 13.1. The first-order valence-electron chi connectivity index (χ1n) is 6.89. The van der Waals surface area contributed by atoms with E-state index >= 15 is 0 Å². The molecule has 3 rings (SSSR count). The van der Waals surface area contributed by atoms with Gasteiger partial charge in [0.15, 0.2) is 0 Å². The average molecular weight is 313 g/mol. The van der Waals surface area contributed by atoms with Crippen LogP contribution in [-0.4, -0.2) is 34.2 Å². The second-order valence-electron chi connectivity index (χ2n) is 5.41. The number of hydrogen-bond acceptors (Lipinski definition) is 3. The normalized spacial score (nSPS) is 23.2. The highest BCUT2D eigenvalue weighted by molar-refractivity contribution is 5.77. The van der Waals surface area contributed by atoms with Crippen molar-refractivity contribution in [1.29, 1.82) is 0 Å². The molecule has 0 spiro atoms. The topological polar surface area (TPSA) is 53.7 Å². The van der Waals surface area contributed by atoms with Gasteiger partial charge < -0.3 is 9.52 Å². The maximum Gasteiger partial charge on any atom is 0.404 e. The van der Waals surface area contributed by atoms with Gasteiger partial charge >= 0.3 is 12.1 Å². The van der Waals surface area contributed by atoms with Crippen LogP contribution in [-0.2, 0) is 11.3 Å². The van der Waals surface area contributed by atoms with Crippen LogP contribution < -0.4 is 0 Å². The van der Waals surface area contributed by atoms with Gasteiger partial charge in [0, 0.05) is 5.39 Å². The number of benzene rings is 1. The lowest BCUT2D eigenvalue weighted by molar-refractivity contribution is -0.183. The van der Waals surface area contributed by atoms with Crippen molar-refractivity contribution < 1.29 is 27.5 Å². The summed E-state index contributed by atoms with van der Waals surface area (Å²) in [5, 5.41) is 9.93. The lowest BCUT2D eigenvalue weighted by Crippen LogP contribution is -2.46. The van der Waals surface area contributed by atoms with Crippen molar-refractivity contribution in [3.05, 3.63) is 36.1 Å². The van der Waals surface area contributed by atoms with E-state index in [9.17, 15) is 18.0 Å². The highest BCUT2D eigenvalue weighted by atomic mass is 19.4. The van der Waals surface area contributed by atoms with Crippen molar-refractivity contribution >= 4 is 16.9 Å². The summed E-state index contributed by atoms with van der Waals surface area (Å²) in [4.78, 5) is 12.2. The second kappa shape index (κ2) is 5.31. The Labute approximate surface area is 124 Å². The summed E-state index contributed by atoms with van der Waals surface area (Å²) in [6, 6.07) is 5.85. The third kappa shape index (κ3) is 2.68. The Morgan fingerprint density at radius 1 is 1.32 bits per heavy atom. The molecule has 1 aliphatic rings. The van der Waals surface area contributed by atoms with Gasteiger partial charge in [-0.1, -0.05) is 18.2 Å². The number of rotatable bonds is 3. The molecule has 1 fully saturated rings. The van der Waals surface area contributed by atoms with Crippen LogP contribution in [0.3, 0.4) is 0 Å². The largest absolute Gasteiger partial charge is 0.480 e. The van der Waals surface area contributed by atoms with Gasteiger partial charge in [-0.2, -0.15) is 13.2 Å². The average Bonchev–Trinajstić information content (AvgIpc) is 3.01. The minimum Gasteiger partial charge on any atom is -0.480 e. The van der Waals surface area contributed by atoms with E-state index in [2.05, 4.69) is 0 Å². The van der Waals surface area contributed by atoms with Crippen molar-refractivity contribution in [2.24, 2.45) is 0 Å². The Hall–Kier alpha value is -2.02. The molecule has 2 unspecified atom stereocenters. The van der Waals surface area contributed by atoms with Gasteiger partial charge in [-0.3, -0.25) is 9.69 Å². The monoisotopic (exact) mass is 313 g/mol. The number of carboxylic acids is 1. The number of fused-ring (bicyclic) bond motifs is 1. The smallest absolute Gasteiger partial charge is 0.404 e. The molecule has 2 heterocycles. The third-order valence-corrected chi connectivity index (χ3v) is 3.99. The summed E-state index contributed by atoms with van der Waals surface area (Å²) >= 11 is 0. The Bertz CT molecular complexity index is 662. The van der Waals surface area contributed by atoms with Gasteiger partial charge in [-0.05, 0) is 25.0 Å². The first-order chi connectivity index (χ1) is 10.4. The van der Waals surface area contributed by atoms with Crippen LogP contribution in [0.4, 0.5) is 13.2 Å². The van der Waals surface area contributed by atoms with Gasteiger partial charge in [0.05, 0.1) is 6.54 Å². The number of carboxylic acid groups (broad SMARTS) is 1. The van der Waals surface area contributed by atoms with Crippen molar-refractivity contribution in [2.45, 2.75) is 37.6 Å². The lowest BCUT2D eigenvalue weighted by atomic mass is 10.2. The summed E-state index contributed by atoms with van der Waals surface area (Å²) in [6.07, 6.45) is -4.67. The van der Waals surface area contributed by atoms with Gasteiger partial charge in [-0.25, -0.2) is 0 Å². The highest BCUT2D eigenvalue weighted by Gasteiger charge is 2.51. The number of furan rings is 1. The molecule has 1 saturated heterocycles. The minimum atomic E-state index is -4.45. The quantitative estimate of drug-likeness (QED) is 0.943. The lowest BCUT2D eigenvalue weighted by Gasteiger charge is -2.28. The molecule has 1 aliphatic heterocycles. The summed E-state index contributed by atoms with van der Waals surface area (Å²) < 4.78 is 44.8. The number of nitrogens with zero attached hydrogens (tertiary/aromatic N) is 1. The fourth-order valence-corrected chi connectivity index (χ4v) is 3.00. The Morgan fingerprint density at radius 3 is 2.68 bits per heavy atom. The number of likely N-dealkylation sites (tertiary alicyclic amines) is 1. The first-order valence-corrected chi connectivity index (χ1v) is 6.89. The molecule has 118 valence electrons. The van der Waals surface area contributed by atoms with E-state index in [1.54, 1.807) is 30.3 Å². The highest BCUT2D eigenvalue weighted by Crippen LogP contribution is 2.37. The van der Waals surface area contributed by atoms with Crippen LogP contribution in [0.2, 0.25) is 0 Å². The fourth-order valence-electron chi connectivity index (χ4n) is 3.00. The molecule has 0 saturated carbocycles. The molecular formula is C15H14F3NO3. The van der Waals surface area contributed by atoms with Gasteiger partial charge in [-0.15, -0.1) is 0 Å². The Morgan fingerprint density at radius 2 is 2.05 bits per heavy atom. The number of alkyl halides is 3. The van der Waals surface area contributed by atoms with Crippen molar-refractivity contribution in [3.8, 4) is 0 Å². The van der Waals surface area contributed by atoms with Crippen LogP contribution in [0, 0.1) is 0 Å². The third-order valence-electron chi connectivity index (χ3n) is 3.99. The van der Waals surface area contributed by atoms with Gasteiger partial charge in [0.1, 0.15) is 23.4 Å². The molecule has 1 aromatic heterocycles. The number of halogens is 3. The van der Waals surface area contributed by atoms with Gasteiger partial charge in [0.25, 0.3) is 0 Å². The van der Waals surface area contributed by atoms with E-state index in [4.69, 9.17) is 9.52 Å². The predicted octanol–water partition coefficient (Wildman–Crippen LogP) is 3.41. The first kappa shape index (κ1) is 14.9. The van der Waals surface area contributed by atoms with E-state index in [0.717, 1.165) is 10.3 Å². The summed E-state index contributed by atoms with van der Waals surface area (Å²) in [7, 11) is 0. The van der Waals surface area contributed by atoms with Gasteiger partial charge in [0.2, 0.25) is 0 Å².